The van der Waals surface area contributed by atoms with Crippen LogP contribution in [-0.4, -0.2) is 50.3 Å². The number of likely N-dealkylation sites (N-methyl/N-ethyl adjacent to an activating group) is 1. The number of carbonyl (C=O) groups excluding carboxylic acids is 1. The number of methoxy groups -OCH3 is 1. The van der Waals surface area contributed by atoms with Gasteiger partial charge in [0.05, 0.1) is 6.61 Å². The zero-order valence-corrected chi connectivity index (χ0v) is 13.0. The molecule has 0 fully saturated rings. The fraction of sp³-hybridized carbons (Fsp3) is 0.533. The van der Waals surface area contributed by atoms with Crippen LogP contribution in [0.1, 0.15) is 24.2 Å². The van der Waals surface area contributed by atoms with Gasteiger partial charge in [-0.1, -0.05) is 13.0 Å². The molecular formula is C15H25N3O3. The molecule has 0 aromatic heterocycles. The van der Waals surface area contributed by atoms with Crippen LogP contribution in [0.2, 0.25) is 0 Å². The number of hydrogen-bond acceptors (Lipinski definition) is 5. The molecule has 1 aromatic carbocycles. The van der Waals surface area contributed by atoms with E-state index in [2.05, 4.69) is 24.2 Å². The van der Waals surface area contributed by atoms with Gasteiger partial charge < -0.3 is 9.47 Å². The molecule has 1 atom stereocenters. The van der Waals surface area contributed by atoms with E-state index in [1.54, 1.807) is 25.3 Å². The summed E-state index contributed by atoms with van der Waals surface area (Å²) in [7, 11) is 1.70. The number of nitrogens with one attached hydrogen (secondary N) is 1. The maximum atomic E-state index is 11.4. The molecule has 1 unspecified atom stereocenters. The Bertz CT molecular complexity index is 440. The highest BCUT2D eigenvalue weighted by atomic mass is 16.5. The summed E-state index contributed by atoms with van der Waals surface area (Å²) in [5, 5.41) is 0. The van der Waals surface area contributed by atoms with E-state index in [1.807, 2.05) is 6.07 Å². The first-order valence-electron chi connectivity index (χ1n) is 7.09. The minimum atomic E-state index is -0.329. The van der Waals surface area contributed by atoms with Crippen molar-refractivity contribution in [2.45, 2.75) is 19.9 Å². The maximum Gasteiger partial charge on any atom is 0.265 e. The van der Waals surface area contributed by atoms with Gasteiger partial charge >= 0.3 is 0 Å². The van der Waals surface area contributed by atoms with Crippen molar-refractivity contribution in [2.24, 2.45) is 5.84 Å². The summed E-state index contributed by atoms with van der Waals surface area (Å²) in [6.07, 6.45) is 0. The van der Waals surface area contributed by atoms with Gasteiger partial charge in [0.2, 0.25) is 0 Å². The van der Waals surface area contributed by atoms with E-state index in [-0.39, 0.29) is 5.91 Å². The second-order valence-corrected chi connectivity index (χ2v) is 4.78. The summed E-state index contributed by atoms with van der Waals surface area (Å²) >= 11 is 0. The lowest BCUT2D eigenvalue weighted by atomic mass is 10.2. The summed E-state index contributed by atoms with van der Waals surface area (Å²) < 4.78 is 10.9. The second kappa shape index (κ2) is 9.33. The Morgan fingerprint density at radius 1 is 1.48 bits per heavy atom. The molecule has 0 saturated carbocycles. The van der Waals surface area contributed by atoms with E-state index >= 15 is 0 Å². The average molecular weight is 295 g/mol. The number of amides is 1. The number of nitrogen functional groups attached to an aromatic ring is 1. The number of hydrazine groups is 1. The van der Waals surface area contributed by atoms with E-state index in [0.717, 1.165) is 13.1 Å². The van der Waals surface area contributed by atoms with Crippen LogP contribution in [-0.2, 0) is 4.74 Å². The molecule has 0 radical (unpaired) electrons. The molecule has 1 amide bonds. The van der Waals surface area contributed by atoms with Crippen molar-refractivity contribution < 1.29 is 14.3 Å². The Labute approximate surface area is 126 Å². The standard InChI is InChI=1S/C15H25N3O3/c1-4-18(12(2)11-20-3)8-9-21-14-7-5-6-13(10-14)15(19)17-16/h5-7,10,12H,4,8-9,11,16H2,1-3H3,(H,17,19). The fourth-order valence-electron chi connectivity index (χ4n) is 2.13. The van der Waals surface area contributed by atoms with Crippen molar-refractivity contribution in [1.29, 1.82) is 0 Å². The lowest BCUT2D eigenvalue weighted by Crippen LogP contribution is -2.38. The monoisotopic (exact) mass is 295 g/mol. The van der Waals surface area contributed by atoms with Crippen LogP contribution in [0.25, 0.3) is 0 Å². The molecule has 1 aromatic rings. The maximum absolute atomic E-state index is 11.4. The molecule has 3 N–H and O–H groups in total. The van der Waals surface area contributed by atoms with Crippen LogP contribution in [0.4, 0.5) is 0 Å². The summed E-state index contributed by atoms with van der Waals surface area (Å²) in [5.74, 6) is 5.44. The minimum absolute atomic E-state index is 0.329. The molecule has 6 heteroatoms. The minimum Gasteiger partial charge on any atom is -0.492 e. The van der Waals surface area contributed by atoms with E-state index in [1.165, 1.54) is 0 Å². The molecule has 1 rings (SSSR count). The first kappa shape index (κ1) is 17.4. The van der Waals surface area contributed by atoms with E-state index in [0.29, 0.717) is 30.6 Å². The van der Waals surface area contributed by atoms with E-state index in [9.17, 15) is 4.79 Å². The largest absolute Gasteiger partial charge is 0.492 e. The molecule has 0 heterocycles. The van der Waals surface area contributed by atoms with Gasteiger partial charge in [-0.2, -0.15) is 0 Å². The molecule has 118 valence electrons. The molecule has 0 saturated heterocycles. The van der Waals surface area contributed by atoms with Gasteiger partial charge in [0.25, 0.3) is 5.91 Å². The van der Waals surface area contributed by atoms with Crippen LogP contribution in [0.5, 0.6) is 5.75 Å². The number of benzene rings is 1. The predicted molar refractivity (Wildman–Crippen MR) is 82.2 cm³/mol. The lowest BCUT2D eigenvalue weighted by Gasteiger charge is -2.27. The highest BCUT2D eigenvalue weighted by molar-refractivity contribution is 5.94. The summed E-state index contributed by atoms with van der Waals surface area (Å²) in [6.45, 7) is 7.21. The van der Waals surface area contributed by atoms with Crippen molar-refractivity contribution in [1.82, 2.24) is 10.3 Å². The molecule has 0 aliphatic carbocycles. The van der Waals surface area contributed by atoms with Gasteiger partial charge in [0.1, 0.15) is 12.4 Å². The summed E-state index contributed by atoms with van der Waals surface area (Å²) in [6, 6.07) is 7.30. The highest BCUT2D eigenvalue weighted by Gasteiger charge is 2.11. The third-order valence-electron chi connectivity index (χ3n) is 3.31. The van der Waals surface area contributed by atoms with Crippen LogP contribution in [0, 0.1) is 0 Å². The SMILES string of the molecule is CCN(CCOc1cccc(C(=O)NN)c1)C(C)COC. The van der Waals surface area contributed by atoms with Crippen LogP contribution >= 0.6 is 0 Å². The van der Waals surface area contributed by atoms with Gasteiger partial charge in [-0.15, -0.1) is 0 Å². The number of rotatable bonds is 9. The van der Waals surface area contributed by atoms with Crippen molar-refractivity contribution in [3.63, 3.8) is 0 Å². The third kappa shape index (κ3) is 5.71. The Kier molecular flexibility index (Phi) is 7.74. The van der Waals surface area contributed by atoms with Gasteiger partial charge in [0, 0.05) is 25.3 Å². The van der Waals surface area contributed by atoms with Gasteiger partial charge in [-0.25, -0.2) is 5.84 Å². The molecular weight excluding hydrogens is 270 g/mol. The predicted octanol–water partition coefficient (Wildman–Crippen LogP) is 1.03. The number of hydrogen-bond donors (Lipinski definition) is 2. The Morgan fingerprint density at radius 3 is 2.86 bits per heavy atom. The zero-order chi connectivity index (χ0) is 15.7. The van der Waals surface area contributed by atoms with Gasteiger partial charge in [-0.05, 0) is 31.7 Å². The third-order valence-corrected chi connectivity index (χ3v) is 3.31. The van der Waals surface area contributed by atoms with E-state index in [4.69, 9.17) is 15.3 Å². The summed E-state index contributed by atoms with van der Waals surface area (Å²) in [5.41, 5.74) is 2.59. The van der Waals surface area contributed by atoms with Crippen LogP contribution < -0.4 is 16.0 Å². The van der Waals surface area contributed by atoms with E-state index < -0.39 is 0 Å². The number of nitrogens with zero attached hydrogens (tertiary/aromatic N) is 1. The molecule has 0 aliphatic heterocycles. The normalized spacial score (nSPS) is 12.2. The Balaban J connectivity index is 2.49. The van der Waals surface area contributed by atoms with Crippen LogP contribution in [0.3, 0.4) is 0 Å². The molecule has 6 nitrogen and oxygen atoms in total. The smallest absolute Gasteiger partial charge is 0.265 e. The molecule has 0 spiro atoms. The van der Waals surface area contributed by atoms with Crippen molar-refractivity contribution in [2.75, 3.05) is 33.4 Å². The van der Waals surface area contributed by atoms with Crippen molar-refractivity contribution in [3.05, 3.63) is 29.8 Å². The first-order chi connectivity index (χ1) is 10.1. The number of ether oxygens (including phenoxy) is 2. The average Bonchev–Trinajstić information content (AvgIpc) is 2.51. The molecule has 0 bridgehead atoms. The molecule has 21 heavy (non-hydrogen) atoms. The second-order valence-electron chi connectivity index (χ2n) is 4.78. The highest BCUT2D eigenvalue weighted by Crippen LogP contribution is 2.13. The number of nitrogens with two attached hydrogens (primary N) is 1. The fourth-order valence-corrected chi connectivity index (χ4v) is 2.13. The van der Waals surface area contributed by atoms with Crippen molar-refractivity contribution >= 4 is 5.91 Å². The van der Waals surface area contributed by atoms with Crippen molar-refractivity contribution in [3.8, 4) is 5.75 Å². The first-order valence-corrected chi connectivity index (χ1v) is 7.09. The van der Waals surface area contributed by atoms with Gasteiger partial charge in [0.15, 0.2) is 0 Å². The summed E-state index contributed by atoms with van der Waals surface area (Å²) in [4.78, 5) is 13.7. The topological polar surface area (TPSA) is 76.8 Å². The van der Waals surface area contributed by atoms with Gasteiger partial charge in [-0.3, -0.25) is 15.1 Å². The lowest BCUT2D eigenvalue weighted by molar-refractivity contribution is 0.0918. The van der Waals surface area contributed by atoms with Crippen LogP contribution in [0.15, 0.2) is 24.3 Å². The Hall–Kier alpha value is -1.63. The number of carbonyl (C=O) groups is 1. The quantitative estimate of drug-likeness (QED) is 0.404. The molecule has 0 aliphatic rings. The Morgan fingerprint density at radius 2 is 2.24 bits per heavy atom. The zero-order valence-electron chi connectivity index (χ0n) is 13.0.